The molecule has 1 fully saturated rings. The number of anilines is 1. The zero-order valence-corrected chi connectivity index (χ0v) is 19.8. The highest BCUT2D eigenvalue weighted by molar-refractivity contribution is 5.94. The Balaban J connectivity index is 1.73. The number of aromatic nitrogens is 2. The third-order valence-electron chi connectivity index (χ3n) is 6.21. The van der Waals surface area contributed by atoms with E-state index in [2.05, 4.69) is 5.10 Å². The van der Waals surface area contributed by atoms with Crippen molar-refractivity contribution in [2.75, 3.05) is 31.1 Å². The van der Waals surface area contributed by atoms with Crippen molar-refractivity contribution in [2.24, 2.45) is 0 Å². The van der Waals surface area contributed by atoms with Crippen LogP contribution in [0, 0.1) is 6.92 Å². The second kappa shape index (κ2) is 9.57. The Morgan fingerprint density at radius 2 is 1.76 bits per heavy atom. The molecule has 3 rings (SSSR count). The second-order valence-corrected chi connectivity index (χ2v) is 8.75. The van der Waals surface area contributed by atoms with E-state index < -0.39 is 11.7 Å². The molecule has 9 heteroatoms. The summed E-state index contributed by atoms with van der Waals surface area (Å²) in [5, 5.41) is 4.45. The number of carbonyl (C=O) groups is 2. The van der Waals surface area contributed by atoms with Crippen molar-refractivity contribution in [1.82, 2.24) is 14.7 Å². The molecule has 0 spiro atoms. The topological polar surface area (TPSA) is 58.4 Å². The first-order valence-electron chi connectivity index (χ1n) is 11.3. The van der Waals surface area contributed by atoms with E-state index in [1.54, 1.807) is 15.6 Å². The van der Waals surface area contributed by atoms with Crippen LogP contribution in [-0.2, 0) is 23.9 Å². The van der Waals surface area contributed by atoms with Crippen molar-refractivity contribution in [1.29, 1.82) is 0 Å². The predicted molar refractivity (Wildman–Crippen MR) is 121 cm³/mol. The molecule has 0 N–H and O–H groups in total. The fraction of sp³-hybridized carbons (Fsp3) is 0.542. The summed E-state index contributed by atoms with van der Waals surface area (Å²) in [7, 11) is 0. The van der Waals surface area contributed by atoms with Gasteiger partial charge < -0.3 is 9.80 Å². The van der Waals surface area contributed by atoms with Crippen LogP contribution in [0.2, 0.25) is 0 Å². The number of alkyl halides is 3. The standard InChI is InChI=1S/C24H31F3N4O2/c1-6-19-22(15(2)3)23(17(5)32)28-31(19)14-21(33)30-12-10-29(11-13-30)20-9-7-8-18(16(20)4)24(25,26)27/h7-9,15H,6,10-14H2,1-5H3. The lowest BCUT2D eigenvalue weighted by Gasteiger charge is -2.37. The Morgan fingerprint density at radius 3 is 2.27 bits per heavy atom. The average molecular weight is 465 g/mol. The normalized spacial score (nSPS) is 14.8. The molecular weight excluding hydrogens is 433 g/mol. The number of hydrogen-bond acceptors (Lipinski definition) is 4. The van der Waals surface area contributed by atoms with Crippen molar-refractivity contribution in [3.63, 3.8) is 0 Å². The van der Waals surface area contributed by atoms with E-state index in [-0.39, 0.29) is 29.7 Å². The highest BCUT2D eigenvalue weighted by atomic mass is 19.4. The van der Waals surface area contributed by atoms with Gasteiger partial charge in [0.25, 0.3) is 0 Å². The SMILES string of the molecule is CCc1c(C(C)C)c(C(C)=O)nn1CC(=O)N1CCN(c2cccc(C(F)(F)F)c2C)CC1. The number of Topliss-reactive ketones (excluding diaryl/α,β-unsaturated/α-hetero) is 1. The Kier molecular flexibility index (Phi) is 7.19. The summed E-state index contributed by atoms with van der Waals surface area (Å²) >= 11 is 0. The van der Waals surface area contributed by atoms with Crippen molar-refractivity contribution >= 4 is 17.4 Å². The minimum Gasteiger partial charge on any atom is -0.368 e. The number of amides is 1. The van der Waals surface area contributed by atoms with E-state index in [0.717, 1.165) is 17.3 Å². The minimum absolute atomic E-state index is 0.0404. The summed E-state index contributed by atoms with van der Waals surface area (Å²) in [6, 6.07) is 4.20. The molecule has 0 saturated carbocycles. The van der Waals surface area contributed by atoms with Crippen LogP contribution in [0.15, 0.2) is 18.2 Å². The number of benzene rings is 1. The minimum atomic E-state index is -4.40. The fourth-order valence-corrected chi connectivity index (χ4v) is 4.58. The van der Waals surface area contributed by atoms with Crippen molar-refractivity contribution in [3.8, 4) is 0 Å². The van der Waals surface area contributed by atoms with E-state index in [9.17, 15) is 22.8 Å². The highest BCUT2D eigenvalue weighted by Crippen LogP contribution is 2.36. The number of hydrogen-bond donors (Lipinski definition) is 0. The Hall–Kier alpha value is -2.84. The summed E-state index contributed by atoms with van der Waals surface area (Å²) in [6.07, 6.45) is -3.74. The van der Waals surface area contributed by atoms with Gasteiger partial charge in [0.2, 0.25) is 5.91 Å². The van der Waals surface area contributed by atoms with Crippen LogP contribution in [0.25, 0.3) is 0 Å². The molecule has 180 valence electrons. The van der Waals surface area contributed by atoms with E-state index in [4.69, 9.17) is 0 Å². The molecule has 1 amide bonds. The summed E-state index contributed by atoms with van der Waals surface area (Å²) in [5.41, 5.74) is 2.31. The zero-order valence-electron chi connectivity index (χ0n) is 19.8. The average Bonchev–Trinajstić information content (AvgIpc) is 3.12. The molecule has 1 aromatic carbocycles. The monoisotopic (exact) mass is 464 g/mol. The summed E-state index contributed by atoms with van der Waals surface area (Å²) in [6.45, 7) is 10.7. The van der Waals surface area contributed by atoms with Gasteiger partial charge >= 0.3 is 6.18 Å². The summed E-state index contributed by atoms with van der Waals surface area (Å²) in [5.74, 6) is -0.121. The van der Waals surface area contributed by atoms with Gasteiger partial charge in [-0.05, 0) is 37.0 Å². The Labute approximate surface area is 192 Å². The third kappa shape index (κ3) is 5.07. The van der Waals surface area contributed by atoms with Crippen LogP contribution in [0.1, 0.15) is 66.5 Å². The molecule has 1 aliphatic rings. The molecule has 2 aromatic rings. The molecule has 1 aliphatic heterocycles. The van der Waals surface area contributed by atoms with Crippen molar-refractivity contribution in [3.05, 3.63) is 46.3 Å². The van der Waals surface area contributed by atoms with Crippen LogP contribution in [0.4, 0.5) is 18.9 Å². The first-order chi connectivity index (χ1) is 15.5. The lowest BCUT2D eigenvalue weighted by Crippen LogP contribution is -2.50. The van der Waals surface area contributed by atoms with Crippen LogP contribution in [0.5, 0.6) is 0 Å². The smallest absolute Gasteiger partial charge is 0.368 e. The van der Waals surface area contributed by atoms with Gasteiger partial charge in [-0.3, -0.25) is 14.3 Å². The molecule has 0 bridgehead atoms. The Morgan fingerprint density at radius 1 is 1.12 bits per heavy atom. The van der Waals surface area contributed by atoms with Gasteiger partial charge in [-0.2, -0.15) is 18.3 Å². The van der Waals surface area contributed by atoms with Crippen molar-refractivity contribution in [2.45, 2.75) is 59.7 Å². The first kappa shape index (κ1) is 24.8. The van der Waals surface area contributed by atoms with E-state index in [0.29, 0.717) is 44.0 Å². The summed E-state index contributed by atoms with van der Waals surface area (Å²) in [4.78, 5) is 28.7. The molecule has 1 aromatic heterocycles. The molecule has 0 unspecified atom stereocenters. The number of rotatable bonds is 6. The van der Waals surface area contributed by atoms with Gasteiger partial charge in [0.05, 0.1) is 5.56 Å². The maximum Gasteiger partial charge on any atom is 0.416 e. The van der Waals surface area contributed by atoms with Gasteiger partial charge in [-0.1, -0.05) is 26.8 Å². The zero-order chi connectivity index (χ0) is 24.5. The maximum atomic E-state index is 13.3. The fourth-order valence-electron chi connectivity index (χ4n) is 4.58. The van der Waals surface area contributed by atoms with Gasteiger partial charge in [-0.15, -0.1) is 0 Å². The number of halogens is 3. The van der Waals surface area contributed by atoms with E-state index >= 15 is 0 Å². The number of nitrogens with zero attached hydrogens (tertiary/aromatic N) is 4. The maximum absolute atomic E-state index is 13.3. The van der Waals surface area contributed by atoms with Crippen molar-refractivity contribution < 1.29 is 22.8 Å². The molecule has 6 nitrogen and oxygen atoms in total. The molecular formula is C24H31F3N4O2. The second-order valence-electron chi connectivity index (χ2n) is 8.75. The van der Waals surface area contributed by atoms with Crippen LogP contribution in [0.3, 0.4) is 0 Å². The van der Waals surface area contributed by atoms with Crippen LogP contribution < -0.4 is 4.90 Å². The number of piperazine rings is 1. The Bertz CT molecular complexity index is 1040. The van der Waals surface area contributed by atoms with Gasteiger partial charge in [-0.25, -0.2) is 0 Å². The molecule has 0 atom stereocenters. The number of ketones is 1. The largest absolute Gasteiger partial charge is 0.416 e. The van der Waals surface area contributed by atoms with Gasteiger partial charge in [0.15, 0.2) is 5.78 Å². The molecule has 0 aliphatic carbocycles. The third-order valence-corrected chi connectivity index (χ3v) is 6.21. The summed E-state index contributed by atoms with van der Waals surface area (Å²) < 4.78 is 41.4. The van der Waals surface area contributed by atoms with E-state index in [1.165, 1.54) is 19.9 Å². The quantitative estimate of drug-likeness (QED) is 0.593. The highest BCUT2D eigenvalue weighted by Gasteiger charge is 2.34. The molecule has 33 heavy (non-hydrogen) atoms. The van der Waals surface area contributed by atoms with Gasteiger partial charge in [0, 0.05) is 50.0 Å². The number of carbonyl (C=O) groups excluding carboxylic acids is 2. The van der Waals surface area contributed by atoms with Crippen LogP contribution in [-0.4, -0.2) is 52.5 Å². The molecule has 0 radical (unpaired) electrons. The lowest BCUT2D eigenvalue weighted by molar-refractivity contribution is -0.138. The first-order valence-corrected chi connectivity index (χ1v) is 11.3. The molecule has 2 heterocycles. The van der Waals surface area contributed by atoms with E-state index in [1.807, 2.05) is 25.7 Å². The van der Waals surface area contributed by atoms with Gasteiger partial charge in [0.1, 0.15) is 12.2 Å². The predicted octanol–water partition coefficient (Wildman–Crippen LogP) is 4.45. The molecule has 1 saturated heterocycles. The lowest BCUT2D eigenvalue weighted by atomic mass is 9.97. The van der Waals surface area contributed by atoms with Crippen LogP contribution >= 0.6 is 0 Å².